The molecule has 0 amide bonds. The number of aromatic nitrogens is 4. The summed E-state index contributed by atoms with van der Waals surface area (Å²) in [4.78, 5) is 16.2. The van der Waals surface area contributed by atoms with Crippen molar-refractivity contribution in [2.75, 3.05) is 0 Å². The van der Waals surface area contributed by atoms with Gasteiger partial charge in [-0.2, -0.15) is 0 Å². The van der Waals surface area contributed by atoms with Crippen LogP contribution in [0.3, 0.4) is 0 Å². The first kappa shape index (κ1) is 17.3. The van der Waals surface area contributed by atoms with Gasteiger partial charge >= 0.3 is 0 Å². The van der Waals surface area contributed by atoms with E-state index < -0.39 is 5.60 Å². The van der Waals surface area contributed by atoms with Gasteiger partial charge < -0.3 is 10.1 Å². The second-order valence-electron chi connectivity index (χ2n) is 6.98. The van der Waals surface area contributed by atoms with E-state index in [1.165, 1.54) is 16.7 Å². The molecule has 0 unspecified atom stereocenters. The van der Waals surface area contributed by atoms with Crippen LogP contribution in [0.2, 0.25) is 0 Å². The number of imidazole rings is 1. The molecule has 0 bridgehead atoms. The van der Waals surface area contributed by atoms with Crippen LogP contribution >= 0.6 is 0 Å². The summed E-state index contributed by atoms with van der Waals surface area (Å²) < 4.78 is 0. The monoisotopic (exact) mass is 336 g/mol. The van der Waals surface area contributed by atoms with Gasteiger partial charge in [0.2, 0.25) is 0 Å². The van der Waals surface area contributed by atoms with Crippen molar-refractivity contribution in [3.05, 3.63) is 76.9 Å². The van der Waals surface area contributed by atoms with Crippen molar-refractivity contribution in [2.45, 2.75) is 45.6 Å². The van der Waals surface area contributed by atoms with Crippen LogP contribution in [0.15, 0.2) is 43.0 Å². The molecule has 3 rings (SSSR count). The van der Waals surface area contributed by atoms with Gasteiger partial charge in [-0.15, -0.1) is 0 Å². The summed E-state index contributed by atoms with van der Waals surface area (Å²) in [5, 5.41) is 10.2. The third-order valence-corrected chi connectivity index (χ3v) is 4.59. The van der Waals surface area contributed by atoms with Crippen molar-refractivity contribution in [3.8, 4) is 0 Å². The summed E-state index contributed by atoms with van der Waals surface area (Å²) in [6, 6.07) is 8.28. The quantitative estimate of drug-likeness (QED) is 0.748. The molecule has 2 aromatic heterocycles. The minimum Gasteiger partial charge on any atom is -0.382 e. The average molecular weight is 336 g/mol. The molecule has 130 valence electrons. The third kappa shape index (κ3) is 3.77. The first-order chi connectivity index (χ1) is 11.9. The standard InChI is InChI=1S/C20H24N4O/c1-13-6-5-7-16(14(13)2)17(18-11-21-12-23-18)10-15-8-9-22-19(24-15)20(3,4)25/h5-9,11-12,17,25H,10H2,1-4H3,(H,21,23)/t17-/m1/s1. The van der Waals surface area contributed by atoms with Crippen LogP contribution in [0.25, 0.3) is 0 Å². The Bertz CT molecular complexity index is 850. The van der Waals surface area contributed by atoms with Crippen LogP contribution in [-0.2, 0) is 12.0 Å². The number of aliphatic hydroxyl groups is 1. The van der Waals surface area contributed by atoms with E-state index in [9.17, 15) is 5.11 Å². The highest BCUT2D eigenvalue weighted by molar-refractivity contribution is 5.40. The highest BCUT2D eigenvalue weighted by Crippen LogP contribution is 2.30. The Hall–Kier alpha value is -2.53. The van der Waals surface area contributed by atoms with Gasteiger partial charge in [-0.25, -0.2) is 15.0 Å². The van der Waals surface area contributed by atoms with E-state index in [2.05, 4.69) is 52.0 Å². The summed E-state index contributed by atoms with van der Waals surface area (Å²) in [6.45, 7) is 7.67. The maximum absolute atomic E-state index is 10.2. The lowest BCUT2D eigenvalue weighted by Crippen LogP contribution is -2.20. The summed E-state index contributed by atoms with van der Waals surface area (Å²) in [5.41, 5.74) is 4.69. The van der Waals surface area contributed by atoms with E-state index in [1.54, 1.807) is 26.4 Å². The zero-order valence-corrected chi connectivity index (χ0v) is 15.1. The molecule has 0 aliphatic heterocycles. The van der Waals surface area contributed by atoms with Crippen LogP contribution in [0.1, 0.15) is 53.7 Å². The smallest absolute Gasteiger partial charge is 0.159 e. The van der Waals surface area contributed by atoms with Crippen LogP contribution in [0, 0.1) is 13.8 Å². The molecular weight excluding hydrogens is 312 g/mol. The molecule has 0 spiro atoms. The van der Waals surface area contributed by atoms with Crippen LogP contribution in [0.4, 0.5) is 0 Å². The normalized spacial score (nSPS) is 13.0. The molecule has 2 N–H and O–H groups in total. The fourth-order valence-electron chi connectivity index (χ4n) is 3.01. The first-order valence-electron chi connectivity index (χ1n) is 8.45. The molecule has 0 aliphatic carbocycles. The first-order valence-corrected chi connectivity index (χ1v) is 8.45. The van der Waals surface area contributed by atoms with Crippen molar-refractivity contribution < 1.29 is 5.11 Å². The molecule has 0 aliphatic rings. The Labute approximate surface area is 148 Å². The minimum atomic E-state index is -1.06. The highest BCUT2D eigenvalue weighted by atomic mass is 16.3. The summed E-state index contributed by atoms with van der Waals surface area (Å²) in [7, 11) is 0. The molecule has 0 saturated carbocycles. The van der Waals surface area contributed by atoms with Gasteiger partial charge in [0, 0.05) is 36.1 Å². The van der Waals surface area contributed by atoms with E-state index >= 15 is 0 Å². The molecule has 0 saturated heterocycles. The molecule has 0 radical (unpaired) electrons. The van der Waals surface area contributed by atoms with E-state index in [0.29, 0.717) is 12.2 Å². The lowest BCUT2D eigenvalue weighted by Gasteiger charge is -2.20. The van der Waals surface area contributed by atoms with E-state index in [4.69, 9.17) is 0 Å². The molecule has 0 fully saturated rings. The Morgan fingerprint density at radius 1 is 1.20 bits per heavy atom. The van der Waals surface area contributed by atoms with Gasteiger partial charge in [0.1, 0.15) is 5.60 Å². The maximum Gasteiger partial charge on any atom is 0.159 e. The number of rotatable bonds is 5. The molecule has 1 atom stereocenters. The molecule has 3 aromatic rings. The number of nitrogens with one attached hydrogen (secondary N) is 1. The SMILES string of the molecule is Cc1cccc([C@@H](Cc2ccnc(C(C)(C)O)n2)c2cnc[nH]2)c1C. The van der Waals surface area contributed by atoms with Gasteiger partial charge in [-0.3, -0.25) is 0 Å². The summed E-state index contributed by atoms with van der Waals surface area (Å²) in [6.07, 6.45) is 5.99. The predicted octanol–water partition coefficient (Wildman–Crippen LogP) is 3.42. The number of H-pyrrole nitrogens is 1. The molecule has 1 aromatic carbocycles. The lowest BCUT2D eigenvalue weighted by atomic mass is 9.87. The number of aromatic amines is 1. The molecule has 25 heavy (non-hydrogen) atoms. The molecule has 5 nitrogen and oxygen atoms in total. The van der Waals surface area contributed by atoms with E-state index in [1.807, 2.05) is 12.3 Å². The third-order valence-electron chi connectivity index (χ3n) is 4.59. The number of nitrogens with zero attached hydrogens (tertiary/aromatic N) is 3. The maximum atomic E-state index is 10.2. The number of hydrogen-bond donors (Lipinski definition) is 2. The predicted molar refractivity (Wildman–Crippen MR) is 97.3 cm³/mol. The molecule has 5 heteroatoms. The summed E-state index contributed by atoms with van der Waals surface area (Å²) >= 11 is 0. The molecular formula is C20H24N4O. The van der Waals surface area contributed by atoms with Gasteiger partial charge in [0.05, 0.1) is 6.33 Å². The Morgan fingerprint density at radius 3 is 2.68 bits per heavy atom. The van der Waals surface area contributed by atoms with Gasteiger partial charge in [0.25, 0.3) is 0 Å². The van der Waals surface area contributed by atoms with E-state index in [0.717, 1.165) is 11.4 Å². The molecule has 2 heterocycles. The van der Waals surface area contributed by atoms with Crippen molar-refractivity contribution in [1.29, 1.82) is 0 Å². The topological polar surface area (TPSA) is 74.7 Å². The van der Waals surface area contributed by atoms with E-state index in [-0.39, 0.29) is 5.92 Å². The average Bonchev–Trinajstić information content (AvgIpc) is 3.09. The zero-order valence-electron chi connectivity index (χ0n) is 15.1. The fourth-order valence-corrected chi connectivity index (χ4v) is 3.01. The van der Waals surface area contributed by atoms with Gasteiger partial charge in [-0.05, 0) is 50.5 Å². The van der Waals surface area contributed by atoms with Crippen molar-refractivity contribution in [1.82, 2.24) is 19.9 Å². The van der Waals surface area contributed by atoms with Crippen molar-refractivity contribution >= 4 is 0 Å². The minimum absolute atomic E-state index is 0.118. The zero-order chi connectivity index (χ0) is 18.0. The number of hydrogen-bond acceptors (Lipinski definition) is 4. The van der Waals surface area contributed by atoms with Crippen LogP contribution in [-0.4, -0.2) is 25.0 Å². The van der Waals surface area contributed by atoms with Crippen LogP contribution in [0.5, 0.6) is 0 Å². The second-order valence-corrected chi connectivity index (χ2v) is 6.98. The lowest BCUT2D eigenvalue weighted by molar-refractivity contribution is 0.0684. The van der Waals surface area contributed by atoms with Crippen LogP contribution < -0.4 is 0 Å². The second kappa shape index (κ2) is 6.76. The fraction of sp³-hybridized carbons (Fsp3) is 0.350. The van der Waals surface area contributed by atoms with Gasteiger partial charge in [-0.1, -0.05) is 18.2 Å². The number of aryl methyl sites for hydroxylation is 1. The van der Waals surface area contributed by atoms with Crippen molar-refractivity contribution in [2.24, 2.45) is 0 Å². The van der Waals surface area contributed by atoms with Crippen molar-refractivity contribution in [3.63, 3.8) is 0 Å². The Balaban J connectivity index is 2.01. The number of benzene rings is 1. The summed E-state index contributed by atoms with van der Waals surface area (Å²) in [5.74, 6) is 0.557. The highest BCUT2D eigenvalue weighted by Gasteiger charge is 2.23. The Kier molecular flexibility index (Phi) is 4.68. The largest absolute Gasteiger partial charge is 0.382 e. The van der Waals surface area contributed by atoms with Gasteiger partial charge in [0.15, 0.2) is 5.82 Å². The Morgan fingerprint density at radius 2 is 2.00 bits per heavy atom.